The van der Waals surface area contributed by atoms with E-state index in [1.54, 1.807) is 29.6 Å². The Kier molecular flexibility index (Phi) is 5.88. The highest BCUT2D eigenvalue weighted by Crippen LogP contribution is 2.44. The lowest BCUT2D eigenvalue weighted by molar-refractivity contribution is 0.104. The highest BCUT2D eigenvalue weighted by Gasteiger charge is 2.34. The first-order valence-corrected chi connectivity index (χ1v) is 13.5. The first kappa shape index (κ1) is 24.7. The highest BCUT2D eigenvalue weighted by molar-refractivity contribution is 7.29. The van der Waals surface area contributed by atoms with Crippen molar-refractivity contribution >= 4 is 66.0 Å². The van der Waals surface area contributed by atoms with E-state index in [0.717, 1.165) is 53.3 Å². The molecule has 188 valence electrons. The Bertz CT molecular complexity index is 1980. The van der Waals surface area contributed by atoms with Crippen molar-refractivity contribution in [2.45, 2.75) is 0 Å². The van der Waals surface area contributed by atoms with E-state index in [1.165, 1.54) is 11.3 Å². The normalized spacial score (nSPS) is 13.6. The number of hydrogen-bond donors (Lipinski definition) is 0. The van der Waals surface area contributed by atoms with Crippen LogP contribution in [-0.4, -0.2) is 19.9 Å². The zero-order valence-electron chi connectivity index (χ0n) is 20.7. The topological polar surface area (TPSA) is 67.9 Å². The van der Waals surface area contributed by atoms with E-state index in [0.29, 0.717) is 0 Å². The molecule has 0 saturated carbocycles. The highest BCUT2D eigenvalue weighted by atomic mass is 32.1. The van der Waals surface area contributed by atoms with Crippen LogP contribution in [0, 0.1) is 34.3 Å². The fourth-order valence-electron chi connectivity index (χ4n) is 4.78. The third-order valence-electron chi connectivity index (χ3n) is 6.71. The predicted octanol–water partition coefficient (Wildman–Crippen LogP) is 8.21. The third-order valence-corrected chi connectivity index (χ3v) is 9.17. The van der Waals surface area contributed by atoms with Gasteiger partial charge in [-0.1, -0.05) is 24.3 Å². The number of nitriles is 2. The monoisotopic (exact) mass is 549 g/mol. The number of ketones is 1. The average Bonchev–Trinajstić information content (AvgIpc) is 3.61. The minimum absolute atomic E-state index is 0.0288. The fraction of sp³-hybridized carbons (Fsp3) is 0.0645. The second kappa shape index (κ2) is 9.28. The summed E-state index contributed by atoms with van der Waals surface area (Å²) in [6.45, 7) is 0. The number of carbonyl (C=O) groups is 1. The predicted molar refractivity (Wildman–Crippen MR) is 154 cm³/mol. The van der Waals surface area contributed by atoms with E-state index >= 15 is 0 Å². The Morgan fingerprint density at radius 2 is 1.46 bits per heavy atom. The number of anilines is 1. The van der Waals surface area contributed by atoms with E-state index in [9.17, 15) is 24.1 Å². The van der Waals surface area contributed by atoms with Gasteiger partial charge in [-0.25, -0.2) is 8.78 Å². The molecular weight excluding hydrogens is 532 g/mol. The lowest BCUT2D eigenvalue weighted by Crippen LogP contribution is -2.07. The Labute approximate surface area is 230 Å². The summed E-state index contributed by atoms with van der Waals surface area (Å²) in [4.78, 5) is 17.2. The smallest absolute Gasteiger partial charge is 0.194 e. The maximum absolute atomic E-state index is 14.1. The molecule has 39 heavy (non-hydrogen) atoms. The van der Waals surface area contributed by atoms with Crippen LogP contribution < -0.4 is 4.90 Å². The molecule has 2 heterocycles. The molecule has 0 bridgehead atoms. The maximum atomic E-state index is 14.1. The van der Waals surface area contributed by atoms with Crippen molar-refractivity contribution < 1.29 is 13.6 Å². The molecule has 6 rings (SSSR count). The zero-order chi connectivity index (χ0) is 27.4. The molecule has 0 atom stereocenters. The fourth-order valence-corrected chi connectivity index (χ4v) is 7.20. The zero-order valence-corrected chi connectivity index (χ0v) is 22.3. The number of benzene rings is 3. The minimum Gasteiger partial charge on any atom is -0.378 e. The van der Waals surface area contributed by atoms with Crippen molar-refractivity contribution in [3.8, 4) is 22.6 Å². The standard InChI is InChI=1S/C31H17F2N3OS2/c1-36(2)20-7-5-16(6-8-20)27-10-18-4-3-17-9-21(38-30(17)31(18)39-27)11-24-28(19(14-34)15-35)22-12-25(32)26(33)13-23(22)29(24)37/h3-13H,1-2H3/b24-11-. The molecular formula is C31H17F2N3OS2. The largest absolute Gasteiger partial charge is 0.378 e. The van der Waals surface area contributed by atoms with Gasteiger partial charge in [-0.3, -0.25) is 4.79 Å². The number of hydrogen-bond acceptors (Lipinski definition) is 6. The number of halogens is 2. The summed E-state index contributed by atoms with van der Waals surface area (Å²) in [5.74, 6) is -2.86. The number of fused-ring (bicyclic) bond motifs is 4. The van der Waals surface area contributed by atoms with Crippen LogP contribution in [0.4, 0.5) is 14.5 Å². The minimum atomic E-state index is -1.16. The number of carbonyl (C=O) groups excluding carboxylic acids is 1. The first-order valence-electron chi connectivity index (χ1n) is 11.8. The molecule has 0 amide bonds. The Morgan fingerprint density at radius 3 is 2.10 bits per heavy atom. The number of allylic oxidation sites excluding steroid dienone is 3. The quantitative estimate of drug-likeness (QED) is 0.168. The van der Waals surface area contributed by atoms with Crippen LogP contribution in [0.25, 0.3) is 42.3 Å². The van der Waals surface area contributed by atoms with Crippen LogP contribution in [0.2, 0.25) is 0 Å². The Morgan fingerprint density at radius 1 is 0.846 bits per heavy atom. The van der Waals surface area contributed by atoms with Gasteiger partial charge >= 0.3 is 0 Å². The average molecular weight is 550 g/mol. The molecule has 0 radical (unpaired) electrons. The van der Waals surface area contributed by atoms with Crippen LogP contribution in [0.1, 0.15) is 20.8 Å². The van der Waals surface area contributed by atoms with Gasteiger partial charge in [0.25, 0.3) is 0 Å². The molecule has 3 aromatic carbocycles. The SMILES string of the molecule is CN(C)c1ccc(-c2cc3ccc4cc(/C=C5\C(=O)c6cc(F)c(F)cc6C5=C(C#N)C#N)sc4c3s2)cc1. The van der Waals surface area contributed by atoms with E-state index in [-0.39, 0.29) is 27.8 Å². The molecule has 1 aliphatic carbocycles. The molecule has 5 aromatic rings. The molecule has 1 aliphatic rings. The van der Waals surface area contributed by atoms with Crippen molar-refractivity contribution in [3.05, 3.63) is 99.4 Å². The van der Waals surface area contributed by atoms with Gasteiger partial charge in [0, 0.05) is 46.2 Å². The Hall–Kier alpha value is -4.63. The van der Waals surface area contributed by atoms with E-state index in [1.807, 2.05) is 26.2 Å². The molecule has 0 aliphatic heterocycles. The van der Waals surface area contributed by atoms with Gasteiger partial charge in [0.05, 0.1) is 9.40 Å². The van der Waals surface area contributed by atoms with Gasteiger partial charge in [0.15, 0.2) is 17.4 Å². The summed E-state index contributed by atoms with van der Waals surface area (Å²) in [6, 6.07) is 21.8. The number of Topliss-reactive ketones (excluding diaryl/α,β-unsaturated/α-hetero) is 1. The van der Waals surface area contributed by atoms with Gasteiger partial charge in [-0.15, -0.1) is 22.7 Å². The Balaban J connectivity index is 1.48. The van der Waals surface area contributed by atoms with Gasteiger partial charge in [0.2, 0.25) is 0 Å². The first-order chi connectivity index (χ1) is 18.8. The molecule has 4 nitrogen and oxygen atoms in total. The summed E-state index contributed by atoms with van der Waals surface area (Å²) in [6.07, 6.45) is 1.60. The lowest BCUT2D eigenvalue weighted by Gasteiger charge is -2.12. The number of rotatable bonds is 3. The van der Waals surface area contributed by atoms with Crippen molar-refractivity contribution in [2.24, 2.45) is 0 Å². The maximum Gasteiger partial charge on any atom is 0.194 e. The van der Waals surface area contributed by atoms with E-state index < -0.39 is 17.4 Å². The summed E-state index contributed by atoms with van der Waals surface area (Å²) < 4.78 is 30.2. The lowest BCUT2D eigenvalue weighted by atomic mass is 9.99. The van der Waals surface area contributed by atoms with Crippen molar-refractivity contribution in [3.63, 3.8) is 0 Å². The summed E-state index contributed by atoms with van der Waals surface area (Å²) in [7, 11) is 4.01. The number of nitrogens with zero attached hydrogens (tertiary/aromatic N) is 3. The van der Waals surface area contributed by atoms with Crippen molar-refractivity contribution in [2.75, 3.05) is 19.0 Å². The summed E-state index contributed by atoms with van der Waals surface area (Å²) >= 11 is 3.17. The van der Waals surface area contributed by atoms with Crippen LogP contribution >= 0.6 is 22.7 Å². The second-order valence-electron chi connectivity index (χ2n) is 9.28. The van der Waals surface area contributed by atoms with Crippen LogP contribution in [-0.2, 0) is 0 Å². The molecule has 2 aromatic heterocycles. The van der Waals surface area contributed by atoms with E-state index in [4.69, 9.17) is 0 Å². The van der Waals surface area contributed by atoms with Crippen LogP contribution in [0.3, 0.4) is 0 Å². The van der Waals surface area contributed by atoms with E-state index in [2.05, 4.69) is 41.3 Å². The van der Waals surface area contributed by atoms with Crippen molar-refractivity contribution in [1.29, 1.82) is 10.5 Å². The van der Waals surface area contributed by atoms with Crippen LogP contribution in [0.5, 0.6) is 0 Å². The second-order valence-corrected chi connectivity index (χ2v) is 11.4. The van der Waals surface area contributed by atoms with Crippen LogP contribution in [0.15, 0.2) is 71.8 Å². The van der Waals surface area contributed by atoms with Gasteiger partial charge in [-0.2, -0.15) is 10.5 Å². The molecule has 0 unspecified atom stereocenters. The molecule has 8 heteroatoms. The molecule has 0 spiro atoms. The van der Waals surface area contributed by atoms with Gasteiger partial charge < -0.3 is 4.90 Å². The molecule has 0 saturated heterocycles. The van der Waals surface area contributed by atoms with Crippen molar-refractivity contribution in [1.82, 2.24) is 0 Å². The number of thiophene rings is 2. The summed E-state index contributed by atoms with van der Waals surface area (Å²) in [5, 5.41) is 21.2. The molecule has 0 fully saturated rings. The van der Waals surface area contributed by atoms with Gasteiger partial charge in [0.1, 0.15) is 17.7 Å². The molecule has 0 N–H and O–H groups in total. The van der Waals surface area contributed by atoms with Gasteiger partial charge in [-0.05, 0) is 64.4 Å². The summed E-state index contributed by atoms with van der Waals surface area (Å²) in [5.41, 5.74) is 2.00. The third kappa shape index (κ3) is 4.02.